The van der Waals surface area contributed by atoms with Crippen molar-refractivity contribution in [3.8, 4) is 5.75 Å². The van der Waals surface area contributed by atoms with Crippen molar-refractivity contribution in [2.75, 3.05) is 32.7 Å². The summed E-state index contributed by atoms with van der Waals surface area (Å²) in [5, 5.41) is 10.7. The molecule has 0 bridgehead atoms. The maximum Gasteiger partial charge on any atom is 0.120 e. The van der Waals surface area contributed by atoms with E-state index >= 15 is 0 Å². The Bertz CT molecular complexity index is 564. The van der Waals surface area contributed by atoms with E-state index in [1.807, 2.05) is 0 Å². The average molecular weight is 375 g/mol. The van der Waals surface area contributed by atoms with Gasteiger partial charge in [0.1, 0.15) is 18.1 Å². The standard InChI is InChI=1S/C23H38N2O2/c1-17(2)19-5-7-21(8-6-19)27-22-11-14-25(15-22)23(26)16-24-12-9-20(10-13-24)18(3)4/h5-8,17-18,20,22-23,26H,9-16H2,1-4H3/t22-,23?/m0/s1. The van der Waals surface area contributed by atoms with Crippen molar-refractivity contribution in [1.29, 1.82) is 0 Å². The fourth-order valence-corrected chi connectivity index (χ4v) is 4.39. The number of aliphatic hydroxyl groups excluding tert-OH is 1. The van der Waals surface area contributed by atoms with Crippen LogP contribution in [0.2, 0.25) is 0 Å². The molecule has 0 saturated carbocycles. The first-order valence-corrected chi connectivity index (χ1v) is 10.8. The molecule has 1 aromatic rings. The third-order valence-electron chi connectivity index (χ3n) is 6.44. The van der Waals surface area contributed by atoms with Crippen LogP contribution in [0, 0.1) is 11.8 Å². The first kappa shape index (κ1) is 20.6. The summed E-state index contributed by atoms with van der Waals surface area (Å²) in [6, 6.07) is 8.46. The highest BCUT2D eigenvalue weighted by molar-refractivity contribution is 5.29. The number of likely N-dealkylation sites (tertiary alicyclic amines) is 2. The smallest absolute Gasteiger partial charge is 0.120 e. The van der Waals surface area contributed by atoms with Crippen molar-refractivity contribution in [1.82, 2.24) is 9.80 Å². The quantitative estimate of drug-likeness (QED) is 0.784. The van der Waals surface area contributed by atoms with Gasteiger partial charge in [0.15, 0.2) is 0 Å². The molecule has 2 aliphatic heterocycles. The summed E-state index contributed by atoms with van der Waals surface area (Å²) in [5.74, 6) is 3.12. The number of ether oxygens (including phenoxy) is 1. The fraction of sp³-hybridized carbons (Fsp3) is 0.739. The van der Waals surface area contributed by atoms with Crippen LogP contribution in [0.15, 0.2) is 24.3 Å². The maximum atomic E-state index is 10.7. The number of β-amino-alcohol motifs (C(OH)–C–C–N with tert-alkyl or cyclic N) is 1. The molecule has 0 amide bonds. The van der Waals surface area contributed by atoms with Gasteiger partial charge >= 0.3 is 0 Å². The SMILES string of the molecule is CC(C)c1ccc(O[C@H]2CCN(C(O)CN3CCC(C(C)C)CC3)C2)cc1. The van der Waals surface area contributed by atoms with Gasteiger partial charge in [-0.15, -0.1) is 0 Å². The molecule has 0 radical (unpaired) electrons. The van der Waals surface area contributed by atoms with E-state index in [4.69, 9.17) is 4.74 Å². The largest absolute Gasteiger partial charge is 0.489 e. The summed E-state index contributed by atoms with van der Waals surface area (Å²) >= 11 is 0. The average Bonchev–Trinajstić information content (AvgIpc) is 3.11. The molecule has 2 saturated heterocycles. The van der Waals surface area contributed by atoms with Gasteiger partial charge in [0, 0.05) is 19.6 Å². The minimum atomic E-state index is -0.377. The van der Waals surface area contributed by atoms with Crippen LogP contribution in [0.25, 0.3) is 0 Å². The van der Waals surface area contributed by atoms with Crippen LogP contribution in [0.3, 0.4) is 0 Å². The van der Waals surface area contributed by atoms with Crippen LogP contribution in [-0.4, -0.2) is 60.0 Å². The molecule has 4 heteroatoms. The molecule has 27 heavy (non-hydrogen) atoms. The molecule has 0 aromatic heterocycles. The Hall–Kier alpha value is -1.10. The van der Waals surface area contributed by atoms with Crippen LogP contribution in [0.1, 0.15) is 58.4 Å². The van der Waals surface area contributed by atoms with Crippen molar-refractivity contribution < 1.29 is 9.84 Å². The van der Waals surface area contributed by atoms with Gasteiger partial charge in [-0.3, -0.25) is 9.80 Å². The minimum Gasteiger partial charge on any atom is -0.489 e. The number of aliphatic hydroxyl groups is 1. The number of nitrogens with zero attached hydrogens (tertiary/aromatic N) is 2. The van der Waals surface area contributed by atoms with E-state index in [-0.39, 0.29) is 12.3 Å². The van der Waals surface area contributed by atoms with Crippen LogP contribution >= 0.6 is 0 Å². The number of rotatable bonds is 7. The predicted molar refractivity (Wildman–Crippen MR) is 111 cm³/mol. The maximum absolute atomic E-state index is 10.7. The van der Waals surface area contributed by atoms with Crippen LogP contribution in [0.4, 0.5) is 0 Å². The minimum absolute atomic E-state index is 0.177. The van der Waals surface area contributed by atoms with E-state index in [1.165, 1.54) is 18.4 Å². The third-order valence-corrected chi connectivity index (χ3v) is 6.44. The van der Waals surface area contributed by atoms with Crippen molar-refractivity contribution in [3.63, 3.8) is 0 Å². The van der Waals surface area contributed by atoms with Gasteiger partial charge < -0.3 is 9.84 Å². The number of benzene rings is 1. The Morgan fingerprint density at radius 1 is 1.00 bits per heavy atom. The molecule has 2 atom stereocenters. The molecule has 1 unspecified atom stereocenters. The molecule has 1 aromatic carbocycles. The molecule has 152 valence electrons. The van der Waals surface area contributed by atoms with E-state index in [0.717, 1.165) is 56.7 Å². The van der Waals surface area contributed by atoms with Crippen molar-refractivity contribution >= 4 is 0 Å². The van der Waals surface area contributed by atoms with Gasteiger partial charge in [0.25, 0.3) is 0 Å². The second-order valence-corrected chi connectivity index (χ2v) is 9.11. The topological polar surface area (TPSA) is 35.9 Å². The molecular formula is C23H38N2O2. The fourth-order valence-electron chi connectivity index (χ4n) is 4.39. The highest BCUT2D eigenvalue weighted by Gasteiger charge is 2.30. The molecular weight excluding hydrogens is 336 g/mol. The molecule has 0 aliphatic carbocycles. The van der Waals surface area contributed by atoms with Crippen LogP contribution < -0.4 is 4.74 Å². The van der Waals surface area contributed by atoms with Gasteiger partial charge in [-0.1, -0.05) is 39.8 Å². The first-order chi connectivity index (χ1) is 12.9. The summed E-state index contributed by atoms with van der Waals surface area (Å²) < 4.78 is 6.15. The highest BCUT2D eigenvalue weighted by Crippen LogP contribution is 2.26. The van der Waals surface area contributed by atoms with E-state index < -0.39 is 0 Å². The van der Waals surface area contributed by atoms with E-state index in [9.17, 15) is 5.11 Å². The molecule has 1 N–H and O–H groups in total. The summed E-state index contributed by atoms with van der Waals surface area (Å²) in [7, 11) is 0. The van der Waals surface area contributed by atoms with Gasteiger partial charge in [-0.25, -0.2) is 0 Å². The Balaban J connectivity index is 1.42. The third kappa shape index (κ3) is 5.69. The van der Waals surface area contributed by atoms with Crippen molar-refractivity contribution in [2.45, 2.75) is 65.2 Å². The highest BCUT2D eigenvalue weighted by atomic mass is 16.5. The first-order valence-electron chi connectivity index (χ1n) is 10.8. The van der Waals surface area contributed by atoms with E-state index in [2.05, 4.69) is 61.8 Å². The van der Waals surface area contributed by atoms with Gasteiger partial charge in [0.2, 0.25) is 0 Å². The van der Waals surface area contributed by atoms with Gasteiger partial charge in [0.05, 0.1) is 0 Å². The molecule has 2 aliphatic rings. The number of hydrogen-bond donors (Lipinski definition) is 1. The van der Waals surface area contributed by atoms with Gasteiger partial charge in [-0.05, 0) is 67.8 Å². The predicted octanol–water partition coefficient (Wildman–Crippen LogP) is 3.95. The van der Waals surface area contributed by atoms with Crippen LogP contribution in [-0.2, 0) is 0 Å². The van der Waals surface area contributed by atoms with Crippen molar-refractivity contribution in [2.24, 2.45) is 11.8 Å². The molecule has 3 rings (SSSR count). The zero-order valence-corrected chi connectivity index (χ0v) is 17.6. The summed E-state index contributed by atoms with van der Waals surface area (Å²) in [6.45, 7) is 13.8. The second-order valence-electron chi connectivity index (χ2n) is 9.11. The Morgan fingerprint density at radius 2 is 1.67 bits per heavy atom. The molecule has 0 spiro atoms. The lowest BCUT2D eigenvalue weighted by Crippen LogP contribution is -2.46. The number of piperidine rings is 1. The van der Waals surface area contributed by atoms with E-state index in [0.29, 0.717) is 5.92 Å². The normalized spacial score (nSPS) is 24.0. The molecule has 2 heterocycles. The van der Waals surface area contributed by atoms with Gasteiger partial charge in [-0.2, -0.15) is 0 Å². The second kappa shape index (κ2) is 9.40. The lowest BCUT2D eigenvalue weighted by Gasteiger charge is -2.36. The summed E-state index contributed by atoms with van der Waals surface area (Å²) in [5.41, 5.74) is 1.34. The molecule has 4 nitrogen and oxygen atoms in total. The lowest BCUT2D eigenvalue weighted by atomic mass is 9.87. The Kier molecular flexibility index (Phi) is 7.18. The van der Waals surface area contributed by atoms with Crippen molar-refractivity contribution in [3.05, 3.63) is 29.8 Å². The Labute approximate surface area is 165 Å². The lowest BCUT2D eigenvalue weighted by molar-refractivity contribution is -0.0201. The number of hydrogen-bond acceptors (Lipinski definition) is 4. The summed E-state index contributed by atoms with van der Waals surface area (Å²) in [4.78, 5) is 4.62. The molecule has 2 fully saturated rings. The van der Waals surface area contributed by atoms with E-state index in [1.54, 1.807) is 0 Å². The van der Waals surface area contributed by atoms with Crippen LogP contribution in [0.5, 0.6) is 5.75 Å². The Morgan fingerprint density at radius 3 is 2.26 bits per heavy atom. The monoisotopic (exact) mass is 374 g/mol. The zero-order chi connectivity index (χ0) is 19.4. The zero-order valence-electron chi connectivity index (χ0n) is 17.6. The summed E-state index contributed by atoms with van der Waals surface area (Å²) in [6.07, 6.45) is 3.32.